The third-order valence-electron chi connectivity index (χ3n) is 4.67. The molecule has 0 spiro atoms. The van der Waals surface area contributed by atoms with Crippen molar-refractivity contribution in [3.05, 3.63) is 65.5 Å². The number of hydrogen-bond donors (Lipinski definition) is 1. The molecule has 2 aromatic rings. The van der Waals surface area contributed by atoms with E-state index in [4.69, 9.17) is 0 Å². The Morgan fingerprint density at radius 2 is 1.64 bits per heavy atom. The maximum absolute atomic E-state index is 13.6. The third-order valence-corrected chi connectivity index (χ3v) is 4.67. The molecule has 1 fully saturated rings. The smallest absolute Gasteiger partial charge is 0.317 e. The molecular weight excluding hydrogens is 317 g/mol. The minimum atomic E-state index is -0.288. The quantitative estimate of drug-likeness (QED) is 0.925. The van der Waals surface area contributed by atoms with E-state index in [9.17, 15) is 9.18 Å². The normalized spacial score (nSPS) is 14.5. The zero-order valence-corrected chi connectivity index (χ0v) is 14.5. The molecule has 1 aliphatic heterocycles. The first-order valence-electron chi connectivity index (χ1n) is 8.78. The van der Waals surface area contributed by atoms with Crippen molar-refractivity contribution in [3.63, 3.8) is 0 Å². The van der Waals surface area contributed by atoms with E-state index in [1.807, 2.05) is 0 Å². The fourth-order valence-corrected chi connectivity index (χ4v) is 3.19. The highest BCUT2D eigenvalue weighted by atomic mass is 19.1. The molecule has 0 atom stereocenters. The van der Waals surface area contributed by atoms with E-state index in [0.29, 0.717) is 18.7 Å². The highest BCUT2D eigenvalue weighted by molar-refractivity contribution is 5.74. The van der Waals surface area contributed by atoms with Crippen LogP contribution in [0.3, 0.4) is 0 Å². The highest BCUT2D eigenvalue weighted by Crippen LogP contribution is 2.22. The molecule has 1 aliphatic rings. The van der Waals surface area contributed by atoms with Crippen LogP contribution in [0.15, 0.2) is 48.5 Å². The Balaban J connectivity index is 1.53. The lowest BCUT2D eigenvalue weighted by Crippen LogP contribution is -2.51. The SMILES string of the molecule is CCc1ccccc1N1CCN(C(=O)NCc2ccccc2F)CC1. The van der Waals surface area contributed by atoms with E-state index < -0.39 is 0 Å². The molecule has 2 amide bonds. The summed E-state index contributed by atoms with van der Waals surface area (Å²) in [7, 11) is 0. The molecule has 4 nitrogen and oxygen atoms in total. The van der Waals surface area contributed by atoms with E-state index in [0.717, 1.165) is 19.5 Å². The van der Waals surface area contributed by atoms with Crippen LogP contribution in [0.4, 0.5) is 14.9 Å². The summed E-state index contributed by atoms with van der Waals surface area (Å²) in [6.45, 7) is 5.33. The summed E-state index contributed by atoms with van der Waals surface area (Å²) in [6, 6.07) is 14.8. The summed E-state index contributed by atoms with van der Waals surface area (Å²) in [4.78, 5) is 16.5. The molecule has 2 aromatic carbocycles. The lowest BCUT2D eigenvalue weighted by Gasteiger charge is -2.37. The molecule has 5 heteroatoms. The van der Waals surface area contributed by atoms with E-state index >= 15 is 0 Å². The first-order chi connectivity index (χ1) is 12.2. The van der Waals surface area contributed by atoms with E-state index in [1.165, 1.54) is 17.3 Å². The van der Waals surface area contributed by atoms with Gasteiger partial charge in [-0.05, 0) is 24.1 Å². The van der Waals surface area contributed by atoms with Crippen LogP contribution in [0.2, 0.25) is 0 Å². The zero-order valence-electron chi connectivity index (χ0n) is 14.5. The number of rotatable bonds is 4. The van der Waals surface area contributed by atoms with Gasteiger partial charge < -0.3 is 15.1 Å². The highest BCUT2D eigenvalue weighted by Gasteiger charge is 2.22. The van der Waals surface area contributed by atoms with Gasteiger partial charge in [0, 0.05) is 44.0 Å². The average Bonchev–Trinajstić information content (AvgIpc) is 2.67. The first kappa shape index (κ1) is 17.3. The second-order valence-electron chi connectivity index (χ2n) is 6.21. The van der Waals surface area contributed by atoms with Crippen LogP contribution in [0.1, 0.15) is 18.1 Å². The average molecular weight is 341 g/mol. The van der Waals surface area contributed by atoms with E-state index in [2.05, 4.69) is 41.4 Å². The number of benzene rings is 2. The predicted octanol–water partition coefficient (Wildman–Crippen LogP) is 3.42. The van der Waals surface area contributed by atoms with Crippen LogP contribution in [-0.4, -0.2) is 37.1 Å². The van der Waals surface area contributed by atoms with Crippen LogP contribution in [-0.2, 0) is 13.0 Å². The molecule has 0 aliphatic carbocycles. The lowest BCUT2D eigenvalue weighted by atomic mass is 10.1. The lowest BCUT2D eigenvalue weighted by molar-refractivity contribution is 0.194. The predicted molar refractivity (Wildman–Crippen MR) is 98.2 cm³/mol. The van der Waals surface area contributed by atoms with Gasteiger partial charge in [0.15, 0.2) is 0 Å². The van der Waals surface area contributed by atoms with Crippen LogP contribution in [0, 0.1) is 5.82 Å². The Morgan fingerprint density at radius 1 is 1.00 bits per heavy atom. The van der Waals surface area contributed by atoms with Gasteiger partial charge in [0.25, 0.3) is 0 Å². The molecule has 132 valence electrons. The number of amides is 2. The van der Waals surface area contributed by atoms with Gasteiger partial charge in [-0.3, -0.25) is 0 Å². The van der Waals surface area contributed by atoms with Crippen molar-refractivity contribution >= 4 is 11.7 Å². The van der Waals surface area contributed by atoms with E-state index in [-0.39, 0.29) is 18.4 Å². The van der Waals surface area contributed by atoms with Gasteiger partial charge in [0.1, 0.15) is 5.82 Å². The summed E-state index contributed by atoms with van der Waals surface area (Å²) < 4.78 is 13.6. The van der Waals surface area contributed by atoms with Crippen LogP contribution >= 0.6 is 0 Å². The maximum atomic E-state index is 13.6. The van der Waals surface area contributed by atoms with Crippen molar-refractivity contribution in [2.24, 2.45) is 0 Å². The van der Waals surface area contributed by atoms with Crippen LogP contribution < -0.4 is 10.2 Å². The van der Waals surface area contributed by atoms with Gasteiger partial charge in [-0.25, -0.2) is 9.18 Å². The number of carbonyl (C=O) groups is 1. The summed E-state index contributed by atoms with van der Waals surface area (Å²) >= 11 is 0. The van der Waals surface area contributed by atoms with Gasteiger partial charge >= 0.3 is 6.03 Å². The largest absolute Gasteiger partial charge is 0.368 e. The topological polar surface area (TPSA) is 35.6 Å². The minimum Gasteiger partial charge on any atom is -0.368 e. The Morgan fingerprint density at radius 3 is 2.32 bits per heavy atom. The maximum Gasteiger partial charge on any atom is 0.317 e. The van der Waals surface area contributed by atoms with Crippen molar-refractivity contribution in [3.8, 4) is 0 Å². The van der Waals surface area contributed by atoms with Gasteiger partial charge in [-0.15, -0.1) is 0 Å². The van der Waals surface area contributed by atoms with Gasteiger partial charge in [0.05, 0.1) is 0 Å². The second kappa shape index (κ2) is 8.01. The van der Waals surface area contributed by atoms with Crippen LogP contribution in [0.5, 0.6) is 0 Å². The van der Waals surface area contributed by atoms with Gasteiger partial charge in [-0.2, -0.15) is 0 Å². The molecule has 1 saturated heterocycles. The van der Waals surface area contributed by atoms with Crippen molar-refractivity contribution < 1.29 is 9.18 Å². The molecule has 0 saturated carbocycles. The Kier molecular flexibility index (Phi) is 5.53. The van der Waals surface area contributed by atoms with Crippen LogP contribution in [0.25, 0.3) is 0 Å². The summed E-state index contributed by atoms with van der Waals surface area (Å²) in [5.74, 6) is -0.288. The molecule has 1 N–H and O–H groups in total. The number of aryl methyl sites for hydroxylation is 1. The molecule has 0 radical (unpaired) electrons. The number of urea groups is 1. The van der Waals surface area contributed by atoms with E-state index in [1.54, 1.807) is 23.1 Å². The van der Waals surface area contributed by atoms with Gasteiger partial charge in [0.2, 0.25) is 0 Å². The summed E-state index contributed by atoms with van der Waals surface area (Å²) in [6.07, 6.45) is 1.000. The summed E-state index contributed by atoms with van der Waals surface area (Å²) in [5.41, 5.74) is 3.10. The number of anilines is 1. The van der Waals surface area contributed by atoms with Crippen molar-refractivity contribution in [2.75, 3.05) is 31.1 Å². The number of nitrogens with zero attached hydrogens (tertiary/aromatic N) is 2. The molecule has 3 rings (SSSR count). The standard InChI is InChI=1S/C20H24FN3O/c1-2-16-7-4-6-10-19(16)23-11-13-24(14-12-23)20(25)22-15-17-8-3-5-9-18(17)21/h3-10H,2,11-15H2,1H3,(H,22,25). The molecule has 0 aromatic heterocycles. The number of piperazine rings is 1. The molecule has 25 heavy (non-hydrogen) atoms. The molecule has 0 bridgehead atoms. The number of carbonyl (C=O) groups excluding carboxylic acids is 1. The first-order valence-corrected chi connectivity index (χ1v) is 8.78. The number of nitrogens with one attached hydrogen (secondary N) is 1. The Bertz CT molecular complexity index is 726. The fraction of sp³-hybridized carbons (Fsp3) is 0.350. The Hall–Kier alpha value is -2.56. The van der Waals surface area contributed by atoms with Crippen molar-refractivity contribution in [1.29, 1.82) is 0 Å². The molecule has 0 unspecified atom stereocenters. The summed E-state index contributed by atoms with van der Waals surface area (Å²) in [5, 5.41) is 2.82. The monoisotopic (exact) mass is 341 g/mol. The van der Waals surface area contributed by atoms with Crippen molar-refractivity contribution in [1.82, 2.24) is 10.2 Å². The van der Waals surface area contributed by atoms with Crippen molar-refractivity contribution in [2.45, 2.75) is 19.9 Å². The molecule has 1 heterocycles. The second-order valence-corrected chi connectivity index (χ2v) is 6.21. The number of halogens is 1. The number of hydrogen-bond acceptors (Lipinski definition) is 2. The Labute approximate surface area is 148 Å². The number of para-hydroxylation sites is 1. The zero-order chi connectivity index (χ0) is 17.6. The minimum absolute atomic E-state index is 0.133. The third kappa shape index (κ3) is 4.10. The van der Waals surface area contributed by atoms with Gasteiger partial charge in [-0.1, -0.05) is 43.3 Å². The molecular formula is C20H24FN3O. The fourth-order valence-electron chi connectivity index (χ4n) is 3.19.